The van der Waals surface area contributed by atoms with Gasteiger partial charge in [-0.05, 0) is 0 Å². The van der Waals surface area contributed by atoms with E-state index < -0.39 is 23.1 Å². The molecule has 0 bridgehead atoms. The van der Waals surface area contributed by atoms with E-state index in [0.717, 1.165) is 15.5 Å². The fraction of sp³-hybridized carbons (Fsp3) is 0. The summed E-state index contributed by atoms with van der Waals surface area (Å²) in [5.41, 5.74) is -0.589. The number of amides is 1. The Morgan fingerprint density at radius 2 is 2.00 bits per heavy atom. The van der Waals surface area contributed by atoms with E-state index in [2.05, 4.69) is 26.2 Å². The predicted octanol–water partition coefficient (Wildman–Crippen LogP) is 2.43. The first-order valence-electron chi connectivity index (χ1n) is 4.44. The maximum absolute atomic E-state index is 13.3. The molecule has 88 valence electrons. The van der Waals surface area contributed by atoms with Crippen molar-refractivity contribution >= 4 is 41.0 Å². The monoisotopic (exact) mass is 366 g/mol. The number of anilines is 1. The van der Waals surface area contributed by atoms with Gasteiger partial charge in [0.1, 0.15) is 0 Å². The minimum absolute atomic E-state index is 0.155. The summed E-state index contributed by atoms with van der Waals surface area (Å²) in [6.45, 7) is 0. The first kappa shape index (κ1) is 12.4. The van der Waals surface area contributed by atoms with Gasteiger partial charge in [-0.1, -0.05) is 0 Å². The molecule has 17 heavy (non-hydrogen) atoms. The second-order valence-corrected chi connectivity index (χ2v) is 7.22. The Labute approximate surface area is 110 Å². The number of rotatable bonds is 2. The molecule has 1 aromatic carbocycles. The van der Waals surface area contributed by atoms with E-state index in [1.165, 1.54) is 6.07 Å². The third-order valence-corrected chi connectivity index (χ3v) is 4.40. The van der Waals surface area contributed by atoms with Gasteiger partial charge < -0.3 is 0 Å². The van der Waals surface area contributed by atoms with Crippen molar-refractivity contribution in [2.24, 2.45) is 0 Å². The molecule has 1 amide bonds. The van der Waals surface area contributed by atoms with Gasteiger partial charge >= 0.3 is 110 Å². The van der Waals surface area contributed by atoms with Crippen LogP contribution in [0.1, 0.15) is 10.4 Å². The number of halogens is 3. The van der Waals surface area contributed by atoms with E-state index in [1.54, 1.807) is 6.20 Å². The predicted molar refractivity (Wildman–Crippen MR) is 63.2 cm³/mol. The van der Waals surface area contributed by atoms with Crippen molar-refractivity contribution in [2.45, 2.75) is 0 Å². The van der Waals surface area contributed by atoms with E-state index in [-0.39, 0.29) is 14.5 Å². The summed E-state index contributed by atoms with van der Waals surface area (Å²) in [5, 5.41) is 2.38. The zero-order chi connectivity index (χ0) is 12.4. The Balaban J connectivity index is 2.26. The van der Waals surface area contributed by atoms with Gasteiger partial charge in [-0.25, -0.2) is 0 Å². The Hall–Kier alpha value is -1.04. The summed E-state index contributed by atoms with van der Waals surface area (Å²) < 4.78 is 27.9. The second kappa shape index (κ2) is 5.08. The van der Waals surface area contributed by atoms with Crippen molar-refractivity contribution in [3.8, 4) is 0 Å². The topological polar surface area (TPSA) is 42.0 Å². The minimum atomic E-state index is -0.888. The van der Waals surface area contributed by atoms with E-state index in [1.807, 2.05) is 0 Å². The molecule has 2 aromatic rings. The average Bonchev–Trinajstić information content (AvgIpc) is 2.63. The van der Waals surface area contributed by atoms with E-state index >= 15 is 0 Å². The second-order valence-electron chi connectivity index (χ2n) is 3.02. The molecule has 0 saturated heterocycles. The molecule has 0 aliphatic heterocycles. The third-order valence-electron chi connectivity index (χ3n) is 1.89. The van der Waals surface area contributed by atoms with Crippen LogP contribution in [0.15, 0.2) is 27.7 Å². The molecule has 0 saturated carbocycles. The molecule has 1 N–H and O–H groups in total. The first-order valence-corrected chi connectivity index (χ1v) is 6.95. The Kier molecular flexibility index (Phi) is 3.71. The summed E-state index contributed by atoms with van der Waals surface area (Å²) in [6, 6.07) is 3.28. The molecule has 0 spiro atoms. The number of benzene rings is 1. The fourth-order valence-electron chi connectivity index (χ4n) is 1.19. The maximum atomic E-state index is 13.3. The molecule has 0 unspecified atom stereocenters. The van der Waals surface area contributed by atoms with Crippen LogP contribution in [0.4, 0.5) is 13.5 Å². The molecule has 0 fully saturated rings. The number of carbonyl (C=O) groups excluding carboxylic acids is 1. The van der Waals surface area contributed by atoms with Crippen molar-refractivity contribution < 1.29 is 13.6 Å². The number of aromatic nitrogens is 1. The standard InChI is InChI=1S/C10H5BrF2N2OSe/c11-7-4-14-10(17-7)15-9(16)8-5(12)2-1-3-6(8)13/h1-4H,(H,14,15,16). The number of nitrogens with zero attached hydrogens (tertiary/aromatic N) is 1. The van der Waals surface area contributed by atoms with Gasteiger partial charge in [0.2, 0.25) is 0 Å². The van der Waals surface area contributed by atoms with Crippen LogP contribution in [0.3, 0.4) is 0 Å². The molecule has 7 heteroatoms. The molecule has 0 aliphatic rings. The number of nitrogens with one attached hydrogen (secondary N) is 1. The quantitative estimate of drug-likeness (QED) is 0.830. The van der Waals surface area contributed by atoms with Crippen LogP contribution in [-0.2, 0) is 0 Å². The molecule has 2 rings (SSSR count). The average molecular weight is 366 g/mol. The van der Waals surface area contributed by atoms with E-state index in [4.69, 9.17) is 0 Å². The van der Waals surface area contributed by atoms with Gasteiger partial charge in [0.05, 0.1) is 0 Å². The number of hydrogen-bond acceptors (Lipinski definition) is 2. The first-order chi connectivity index (χ1) is 8.08. The zero-order valence-electron chi connectivity index (χ0n) is 8.21. The Morgan fingerprint density at radius 1 is 1.35 bits per heavy atom. The summed E-state index contributed by atoms with van der Waals surface area (Å²) in [4.78, 5) is 15.5. The van der Waals surface area contributed by atoms with Crippen LogP contribution in [0.5, 0.6) is 0 Å². The van der Waals surface area contributed by atoms with Crippen LogP contribution >= 0.6 is 15.9 Å². The molecular formula is C10H5BrF2N2OSe. The van der Waals surface area contributed by atoms with Crippen molar-refractivity contribution in [3.05, 3.63) is 44.9 Å². The summed E-state index contributed by atoms with van der Waals surface area (Å²) in [7, 11) is 0. The van der Waals surface area contributed by atoms with Crippen LogP contribution in [0.2, 0.25) is 0 Å². The van der Waals surface area contributed by atoms with Gasteiger partial charge in [0.15, 0.2) is 0 Å². The number of hydrogen-bond donors (Lipinski definition) is 1. The van der Waals surface area contributed by atoms with Gasteiger partial charge in [0, 0.05) is 0 Å². The van der Waals surface area contributed by atoms with Crippen molar-refractivity contribution in [1.82, 2.24) is 4.98 Å². The molecule has 1 aromatic heterocycles. The van der Waals surface area contributed by atoms with Crippen LogP contribution in [0, 0.1) is 11.6 Å². The molecular weight excluding hydrogens is 361 g/mol. The summed E-state index contributed by atoms with van der Waals surface area (Å²) in [6.07, 6.45) is 1.55. The normalized spacial score (nSPS) is 10.3. The molecule has 0 radical (unpaired) electrons. The molecule has 0 atom stereocenters. The van der Waals surface area contributed by atoms with Crippen molar-refractivity contribution in [1.29, 1.82) is 0 Å². The number of carbonyl (C=O) groups is 1. The Bertz CT molecular complexity index is 553. The third kappa shape index (κ3) is 2.80. The molecule has 0 aliphatic carbocycles. The van der Waals surface area contributed by atoms with Gasteiger partial charge in [-0.15, -0.1) is 0 Å². The SMILES string of the molecule is O=C(Nc1ncc(Br)[se]1)c1c(F)cccc1F. The van der Waals surface area contributed by atoms with Gasteiger partial charge in [-0.3, -0.25) is 0 Å². The zero-order valence-corrected chi connectivity index (χ0v) is 11.5. The van der Waals surface area contributed by atoms with Crippen molar-refractivity contribution in [2.75, 3.05) is 5.32 Å². The van der Waals surface area contributed by atoms with E-state index in [9.17, 15) is 13.6 Å². The van der Waals surface area contributed by atoms with Crippen LogP contribution < -0.4 is 5.32 Å². The summed E-state index contributed by atoms with van der Waals surface area (Å²) >= 11 is 3.07. The van der Waals surface area contributed by atoms with Crippen molar-refractivity contribution in [3.63, 3.8) is 0 Å². The van der Waals surface area contributed by atoms with Gasteiger partial charge in [0.25, 0.3) is 0 Å². The fourth-order valence-corrected chi connectivity index (χ4v) is 3.22. The van der Waals surface area contributed by atoms with Crippen LogP contribution in [-0.4, -0.2) is 25.4 Å². The van der Waals surface area contributed by atoms with E-state index in [0.29, 0.717) is 4.69 Å². The van der Waals surface area contributed by atoms with Crippen LogP contribution in [0.25, 0.3) is 0 Å². The Morgan fingerprint density at radius 3 is 2.53 bits per heavy atom. The summed E-state index contributed by atoms with van der Waals surface area (Å²) in [5.74, 6) is -2.60. The molecule has 3 nitrogen and oxygen atoms in total. The van der Waals surface area contributed by atoms with Gasteiger partial charge in [-0.2, -0.15) is 0 Å². The molecule has 1 heterocycles.